The lowest BCUT2D eigenvalue weighted by atomic mass is 9.99. The van der Waals surface area contributed by atoms with E-state index in [1.54, 1.807) is 0 Å². The Labute approximate surface area is 69.6 Å². The van der Waals surface area contributed by atoms with Crippen molar-refractivity contribution in [2.75, 3.05) is 6.61 Å². The van der Waals surface area contributed by atoms with Gasteiger partial charge in [-0.2, -0.15) is 13.2 Å². The number of hydrogen-bond donors (Lipinski definition) is 1. The highest BCUT2D eigenvalue weighted by Crippen LogP contribution is 2.38. The van der Waals surface area contributed by atoms with E-state index in [2.05, 4.69) is 0 Å². The first-order valence-corrected chi connectivity index (χ1v) is 4.19. The van der Waals surface area contributed by atoms with Crippen LogP contribution in [0.5, 0.6) is 0 Å². The van der Waals surface area contributed by atoms with Crippen LogP contribution in [0.1, 0.15) is 25.7 Å². The van der Waals surface area contributed by atoms with Crippen molar-refractivity contribution in [1.82, 2.24) is 0 Å². The summed E-state index contributed by atoms with van der Waals surface area (Å²) >= 11 is 0. The van der Waals surface area contributed by atoms with E-state index in [4.69, 9.17) is 5.11 Å². The summed E-state index contributed by atoms with van der Waals surface area (Å²) < 4.78 is 35.6. The van der Waals surface area contributed by atoms with Gasteiger partial charge >= 0.3 is 6.18 Å². The first-order valence-electron chi connectivity index (χ1n) is 4.19. The highest BCUT2D eigenvalue weighted by atomic mass is 19.4. The fraction of sp³-hybridized carbons (Fsp3) is 1.00. The third-order valence-electron chi connectivity index (χ3n) is 2.14. The monoisotopic (exact) mass is 182 g/mol. The van der Waals surface area contributed by atoms with E-state index < -0.39 is 18.5 Å². The summed E-state index contributed by atoms with van der Waals surface area (Å²) in [6.07, 6.45) is -2.35. The largest absolute Gasteiger partial charge is 0.396 e. The molecule has 1 rings (SSSR count). The standard InChI is InChI=1S/C8H13F3O/c9-8(10,11)4-7(5-12)3-6-1-2-6/h6-7,12H,1-5H2/t7-/m1/s1. The lowest BCUT2D eigenvalue weighted by molar-refractivity contribution is -0.148. The molecule has 0 heterocycles. The molecular weight excluding hydrogens is 169 g/mol. The molecule has 1 aliphatic carbocycles. The Morgan fingerprint density at radius 1 is 1.33 bits per heavy atom. The SMILES string of the molecule is OC[C@H](CC1CC1)CC(F)(F)F. The van der Waals surface area contributed by atoms with E-state index in [9.17, 15) is 13.2 Å². The van der Waals surface area contributed by atoms with Gasteiger partial charge in [-0.15, -0.1) is 0 Å². The zero-order chi connectivity index (χ0) is 9.19. The van der Waals surface area contributed by atoms with Crippen LogP contribution in [-0.4, -0.2) is 17.9 Å². The number of hydrogen-bond acceptors (Lipinski definition) is 1. The number of aliphatic hydroxyl groups is 1. The minimum atomic E-state index is -4.12. The fourth-order valence-electron chi connectivity index (χ4n) is 1.37. The molecule has 0 aromatic heterocycles. The minimum Gasteiger partial charge on any atom is -0.396 e. The van der Waals surface area contributed by atoms with E-state index in [-0.39, 0.29) is 6.61 Å². The molecule has 0 saturated heterocycles. The van der Waals surface area contributed by atoms with Crippen LogP contribution < -0.4 is 0 Å². The lowest BCUT2D eigenvalue weighted by Gasteiger charge is -2.15. The molecule has 1 atom stereocenters. The zero-order valence-corrected chi connectivity index (χ0v) is 6.77. The maximum Gasteiger partial charge on any atom is 0.389 e. The van der Waals surface area contributed by atoms with Crippen molar-refractivity contribution < 1.29 is 18.3 Å². The van der Waals surface area contributed by atoms with Crippen molar-refractivity contribution in [3.63, 3.8) is 0 Å². The van der Waals surface area contributed by atoms with Gasteiger partial charge < -0.3 is 5.11 Å². The summed E-state index contributed by atoms with van der Waals surface area (Å²) in [5, 5.41) is 8.67. The van der Waals surface area contributed by atoms with Gasteiger partial charge in [-0.05, 0) is 18.3 Å². The molecule has 0 aliphatic heterocycles. The minimum absolute atomic E-state index is 0.337. The molecule has 0 amide bonds. The van der Waals surface area contributed by atoms with Gasteiger partial charge in [0.1, 0.15) is 0 Å². The van der Waals surface area contributed by atoms with E-state index in [1.807, 2.05) is 0 Å². The predicted octanol–water partition coefficient (Wildman–Crippen LogP) is 2.35. The number of rotatable bonds is 4. The number of alkyl halides is 3. The van der Waals surface area contributed by atoms with Gasteiger partial charge in [0.05, 0.1) is 0 Å². The summed E-state index contributed by atoms with van der Waals surface area (Å²) in [5.74, 6) is -0.123. The second kappa shape index (κ2) is 3.64. The van der Waals surface area contributed by atoms with Crippen molar-refractivity contribution >= 4 is 0 Å². The molecule has 1 N–H and O–H groups in total. The highest BCUT2D eigenvalue weighted by Gasteiger charge is 2.34. The van der Waals surface area contributed by atoms with Gasteiger partial charge in [-0.1, -0.05) is 12.8 Å². The summed E-state index contributed by atoms with van der Waals surface area (Å²) in [7, 11) is 0. The van der Waals surface area contributed by atoms with Crippen LogP contribution >= 0.6 is 0 Å². The molecule has 1 aliphatic rings. The Morgan fingerprint density at radius 2 is 1.92 bits per heavy atom. The van der Waals surface area contributed by atoms with Gasteiger partial charge in [-0.3, -0.25) is 0 Å². The van der Waals surface area contributed by atoms with Gasteiger partial charge in [0.15, 0.2) is 0 Å². The summed E-state index contributed by atoms with van der Waals surface area (Å²) in [5.41, 5.74) is 0. The molecule has 0 aromatic rings. The van der Waals surface area contributed by atoms with Crippen LogP contribution in [0.4, 0.5) is 13.2 Å². The lowest BCUT2D eigenvalue weighted by Crippen LogP contribution is -2.18. The van der Waals surface area contributed by atoms with Gasteiger partial charge in [-0.25, -0.2) is 0 Å². The van der Waals surface area contributed by atoms with E-state index in [0.717, 1.165) is 12.8 Å². The molecule has 1 fully saturated rings. The van der Waals surface area contributed by atoms with Crippen molar-refractivity contribution in [1.29, 1.82) is 0 Å². The molecule has 0 aromatic carbocycles. The highest BCUT2D eigenvalue weighted by molar-refractivity contribution is 4.77. The maximum absolute atomic E-state index is 11.9. The van der Waals surface area contributed by atoms with Crippen LogP contribution in [0, 0.1) is 11.8 Å². The molecule has 0 spiro atoms. The van der Waals surface area contributed by atoms with Gasteiger partial charge in [0.25, 0.3) is 0 Å². The smallest absolute Gasteiger partial charge is 0.389 e. The molecule has 0 unspecified atom stereocenters. The molecule has 0 bridgehead atoms. The third kappa shape index (κ3) is 3.95. The molecule has 72 valence electrons. The molecule has 1 nitrogen and oxygen atoms in total. The van der Waals surface area contributed by atoms with Crippen LogP contribution in [0.2, 0.25) is 0 Å². The summed E-state index contributed by atoms with van der Waals surface area (Å²) in [4.78, 5) is 0. The van der Waals surface area contributed by atoms with E-state index in [0.29, 0.717) is 12.3 Å². The Balaban J connectivity index is 2.23. The van der Waals surface area contributed by atoms with Crippen molar-refractivity contribution in [2.45, 2.75) is 31.9 Å². The van der Waals surface area contributed by atoms with Gasteiger partial charge in [0, 0.05) is 13.0 Å². The normalized spacial score (nSPS) is 21.0. The molecule has 0 radical (unpaired) electrons. The quantitative estimate of drug-likeness (QED) is 0.707. The third-order valence-corrected chi connectivity index (χ3v) is 2.14. The Bertz CT molecular complexity index is 140. The topological polar surface area (TPSA) is 20.2 Å². The number of aliphatic hydroxyl groups excluding tert-OH is 1. The fourth-order valence-corrected chi connectivity index (χ4v) is 1.37. The second-order valence-electron chi connectivity index (χ2n) is 3.55. The van der Waals surface area contributed by atoms with Crippen LogP contribution in [-0.2, 0) is 0 Å². The maximum atomic E-state index is 11.9. The predicted molar refractivity (Wildman–Crippen MR) is 38.6 cm³/mol. The average Bonchev–Trinajstić information content (AvgIpc) is 2.67. The number of halogens is 3. The summed E-state index contributed by atoms with van der Waals surface area (Å²) in [6, 6.07) is 0. The van der Waals surface area contributed by atoms with E-state index >= 15 is 0 Å². The molecular formula is C8H13F3O. The summed E-state index contributed by atoms with van der Waals surface area (Å²) in [6.45, 7) is -0.337. The Morgan fingerprint density at radius 3 is 2.25 bits per heavy atom. The zero-order valence-electron chi connectivity index (χ0n) is 6.77. The molecule has 4 heteroatoms. The first kappa shape index (κ1) is 9.84. The van der Waals surface area contributed by atoms with Crippen LogP contribution in [0.15, 0.2) is 0 Å². The van der Waals surface area contributed by atoms with Crippen molar-refractivity contribution in [2.24, 2.45) is 11.8 Å². The first-order chi connectivity index (χ1) is 5.51. The second-order valence-corrected chi connectivity index (χ2v) is 3.55. The Hall–Kier alpha value is -0.250. The van der Waals surface area contributed by atoms with Crippen molar-refractivity contribution in [3.05, 3.63) is 0 Å². The van der Waals surface area contributed by atoms with E-state index in [1.165, 1.54) is 0 Å². The van der Waals surface area contributed by atoms with Gasteiger partial charge in [0.2, 0.25) is 0 Å². The Kier molecular flexibility index (Phi) is 2.99. The van der Waals surface area contributed by atoms with Crippen molar-refractivity contribution in [3.8, 4) is 0 Å². The average molecular weight is 182 g/mol. The molecule has 12 heavy (non-hydrogen) atoms. The van der Waals surface area contributed by atoms with Crippen LogP contribution in [0.3, 0.4) is 0 Å². The van der Waals surface area contributed by atoms with Crippen LogP contribution in [0.25, 0.3) is 0 Å². The molecule has 1 saturated carbocycles.